The monoisotopic (exact) mass is 173 g/mol. The molecule has 0 aliphatic carbocycles. The summed E-state index contributed by atoms with van der Waals surface area (Å²) in [5.41, 5.74) is -0.0474. The molecule has 12 heavy (non-hydrogen) atoms. The van der Waals surface area contributed by atoms with Gasteiger partial charge in [0.15, 0.2) is 0 Å². The molecule has 1 unspecified atom stereocenters. The molecule has 2 nitrogen and oxygen atoms in total. The molecule has 0 bridgehead atoms. The van der Waals surface area contributed by atoms with Crippen molar-refractivity contribution in [2.75, 3.05) is 13.7 Å². The van der Waals surface area contributed by atoms with Crippen LogP contribution in [0.3, 0.4) is 0 Å². The Morgan fingerprint density at radius 1 is 1.17 bits per heavy atom. The molecular weight excluding hydrogens is 150 g/mol. The van der Waals surface area contributed by atoms with Gasteiger partial charge in [-0.15, -0.1) is 0 Å². The SMILES string of the molecule is CCOC(C)(CC)C(C)(C)NC. The molecule has 0 spiro atoms. The number of nitrogens with one attached hydrogen (secondary N) is 1. The minimum Gasteiger partial charge on any atom is -0.374 e. The lowest BCUT2D eigenvalue weighted by atomic mass is 9.82. The first kappa shape index (κ1) is 11.9. The predicted octanol–water partition coefficient (Wildman–Crippen LogP) is 2.19. The van der Waals surface area contributed by atoms with Gasteiger partial charge in [-0.2, -0.15) is 0 Å². The third-order valence-corrected chi connectivity index (χ3v) is 3.08. The molecule has 74 valence electrons. The van der Waals surface area contributed by atoms with Gasteiger partial charge in [0.2, 0.25) is 0 Å². The highest BCUT2D eigenvalue weighted by Crippen LogP contribution is 2.28. The normalized spacial score (nSPS) is 17.5. The number of ether oxygens (including phenoxy) is 1. The van der Waals surface area contributed by atoms with Crippen molar-refractivity contribution < 1.29 is 4.74 Å². The van der Waals surface area contributed by atoms with Gasteiger partial charge in [0.05, 0.1) is 5.60 Å². The fourth-order valence-electron chi connectivity index (χ4n) is 1.31. The van der Waals surface area contributed by atoms with E-state index in [1.165, 1.54) is 0 Å². The molecule has 0 aliphatic rings. The minimum atomic E-state index is -0.0729. The zero-order valence-electron chi connectivity index (χ0n) is 9.32. The lowest BCUT2D eigenvalue weighted by molar-refractivity contribution is -0.0827. The van der Waals surface area contributed by atoms with Crippen molar-refractivity contribution >= 4 is 0 Å². The van der Waals surface area contributed by atoms with Crippen LogP contribution in [0, 0.1) is 0 Å². The summed E-state index contributed by atoms with van der Waals surface area (Å²) < 4.78 is 5.77. The van der Waals surface area contributed by atoms with Crippen molar-refractivity contribution in [3.05, 3.63) is 0 Å². The predicted molar refractivity (Wildman–Crippen MR) is 53.5 cm³/mol. The van der Waals surface area contributed by atoms with E-state index in [9.17, 15) is 0 Å². The first-order chi connectivity index (χ1) is 5.43. The van der Waals surface area contributed by atoms with Crippen molar-refractivity contribution in [3.63, 3.8) is 0 Å². The molecular formula is C10H23NO. The van der Waals surface area contributed by atoms with Crippen LogP contribution in [0.25, 0.3) is 0 Å². The van der Waals surface area contributed by atoms with Crippen LogP contribution < -0.4 is 5.32 Å². The van der Waals surface area contributed by atoms with E-state index in [0.717, 1.165) is 13.0 Å². The molecule has 0 heterocycles. The number of hydrogen-bond donors (Lipinski definition) is 1. The third-order valence-electron chi connectivity index (χ3n) is 3.08. The van der Waals surface area contributed by atoms with Crippen LogP contribution >= 0.6 is 0 Å². The van der Waals surface area contributed by atoms with Crippen LogP contribution in [-0.4, -0.2) is 24.8 Å². The second-order valence-electron chi connectivity index (χ2n) is 3.89. The first-order valence-electron chi connectivity index (χ1n) is 4.76. The van der Waals surface area contributed by atoms with Crippen LogP contribution in [0.5, 0.6) is 0 Å². The van der Waals surface area contributed by atoms with Crippen LogP contribution in [0.1, 0.15) is 41.0 Å². The van der Waals surface area contributed by atoms with E-state index in [2.05, 4.69) is 33.0 Å². The second kappa shape index (κ2) is 4.24. The smallest absolute Gasteiger partial charge is 0.0826 e. The highest BCUT2D eigenvalue weighted by atomic mass is 16.5. The van der Waals surface area contributed by atoms with Gasteiger partial charge in [-0.3, -0.25) is 0 Å². The molecule has 2 heteroatoms. The standard InChI is InChI=1S/C10H23NO/c1-7-10(5,12-8-2)9(3,4)11-6/h11H,7-8H2,1-6H3. The van der Waals surface area contributed by atoms with Crippen molar-refractivity contribution in [1.82, 2.24) is 5.32 Å². The topological polar surface area (TPSA) is 21.3 Å². The average molecular weight is 173 g/mol. The van der Waals surface area contributed by atoms with E-state index in [4.69, 9.17) is 4.74 Å². The molecule has 0 aromatic rings. The molecule has 0 aromatic carbocycles. The highest BCUT2D eigenvalue weighted by Gasteiger charge is 2.38. The number of likely N-dealkylation sites (N-methyl/N-ethyl adjacent to an activating group) is 1. The van der Waals surface area contributed by atoms with Crippen LogP contribution in [0.15, 0.2) is 0 Å². The van der Waals surface area contributed by atoms with E-state index >= 15 is 0 Å². The van der Waals surface area contributed by atoms with Crippen molar-refractivity contribution in [3.8, 4) is 0 Å². The lowest BCUT2D eigenvalue weighted by Gasteiger charge is -2.43. The van der Waals surface area contributed by atoms with Gasteiger partial charge in [-0.1, -0.05) is 6.92 Å². The van der Waals surface area contributed by atoms with E-state index in [0.29, 0.717) is 0 Å². The van der Waals surface area contributed by atoms with Crippen molar-refractivity contribution in [2.45, 2.75) is 52.2 Å². The van der Waals surface area contributed by atoms with Crippen molar-refractivity contribution in [1.29, 1.82) is 0 Å². The molecule has 0 fully saturated rings. The Balaban J connectivity index is 4.49. The fourth-order valence-corrected chi connectivity index (χ4v) is 1.31. The fraction of sp³-hybridized carbons (Fsp3) is 1.00. The van der Waals surface area contributed by atoms with E-state index < -0.39 is 0 Å². The Morgan fingerprint density at radius 3 is 1.92 bits per heavy atom. The molecule has 0 saturated carbocycles. The summed E-state index contributed by atoms with van der Waals surface area (Å²) in [5, 5.41) is 3.29. The maximum Gasteiger partial charge on any atom is 0.0826 e. The van der Waals surface area contributed by atoms with Gasteiger partial charge < -0.3 is 10.1 Å². The first-order valence-corrected chi connectivity index (χ1v) is 4.76. The second-order valence-corrected chi connectivity index (χ2v) is 3.89. The molecule has 0 amide bonds. The Labute approximate surface area is 76.7 Å². The lowest BCUT2D eigenvalue weighted by Crippen LogP contribution is -2.57. The van der Waals surface area contributed by atoms with Gasteiger partial charge in [-0.25, -0.2) is 0 Å². The Bertz CT molecular complexity index is 134. The van der Waals surface area contributed by atoms with Gasteiger partial charge in [0, 0.05) is 12.1 Å². The third kappa shape index (κ3) is 2.20. The highest BCUT2D eigenvalue weighted by molar-refractivity contribution is 4.96. The van der Waals surface area contributed by atoms with Gasteiger partial charge in [0.1, 0.15) is 0 Å². The average Bonchev–Trinajstić information content (AvgIpc) is 2.04. The summed E-state index contributed by atoms with van der Waals surface area (Å²) in [4.78, 5) is 0. The summed E-state index contributed by atoms with van der Waals surface area (Å²) in [6, 6.07) is 0. The Kier molecular flexibility index (Phi) is 4.21. The molecule has 0 rings (SSSR count). The molecule has 0 aliphatic heterocycles. The largest absolute Gasteiger partial charge is 0.374 e. The number of rotatable bonds is 5. The van der Waals surface area contributed by atoms with Crippen LogP contribution in [0.4, 0.5) is 0 Å². The van der Waals surface area contributed by atoms with Gasteiger partial charge >= 0.3 is 0 Å². The number of hydrogen-bond acceptors (Lipinski definition) is 2. The zero-order chi connectivity index (χ0) is 9.83. The Hall–Kier alpha value is -0.0800. The van der Waals surface area contributed by atoms with E-state index in [1.54, 1.807) is 0 Å². The zero-order valence-corrected chi connectivity index (χ0v) is 9.32. The maximum absolute atomic E-state index is 5.77. The summed E-state index contributed by atoms with van der Waals surface area (Å²) in [6.45, 7) is 11.5. The molecule has 0 saturated heterocycles. The van der Waals surface area contributed by atoms with Crippen LogP contribution in [0.2, 0.25) is 0 Å². The molecule has 0 radical (unpaired) electrons. The summed E-state index contributed by atoms with van der Waals surface area (Å²) in [7, 11) is 1.98. The van der Waals surface area contributed by atoms with E-state index in [1.807, 2.05) is 14.0 Å². The minimum absolute atomic E-state index is 0.0256. The van der Waals surface area contributed by atoms with E-state index in [-0.39, 0.29) is 11.1 Å². The summed E-state index contributed by atoms with van der Waals surface area (Å²) in [6.07, 6.45) is 1.02. The molecule has 0 aromatic heterocycles. The van der Waals surface area contributed by atoms with Crippen molar-refractivity contribution in [2.24, 2.45) is 0 Å². The summed E-state index contributed by atoms with van der Waals surface area (Å²) >= 11 is 0. The quantitative estimate of drug-likeness (QED) is 0.688. The molecule has 1 N–H and O–H groups in total. The van der Waals surface area contributed by atoms with Gasteiger partial charge in [-0.05, 0) is 41.2 Å². The molecule has 1 atom stereocenters. The van der Waals surface area contributed by atoms with Crippen LogP contribution in [-0.2, 0) is 4.74 Å². The maximum atomic E-state index is 5.77. The van der Waals surface area contributed by atoms with Gasteiger partial charge in [0.25, 0.3) is 0 Å². The Morgan fingerprint density at radius 2 is 1.67 bits per heavy atom. The summed E-state index contributed by atoms with van der Waals surface area (Å²) in [5.74, 6) is 0.